The van der Waals surface area contributed by atoms with E-state index < -0.39 is 5.60 Å². The fraction of sp³-hybridized carbons (Fsp3) is 0.429. The van der Waals surface area contributed by atoms with Crippen molar-refractivity contribution < 1.29 is 5.11 Å². The van der Waals surface area contributed by atoms with E-state index in [2.05, 4.69) is 29.4 Å². The summed E-state index contributed by atoms with van der Waals surface area (Å²) in [6.45, 7) is 3.25. The van der Waals surface area contributed by atoms with E-state index in [1.807, 2.05) is 36.4 Å². The third-order valence-corrected chi connectivity index (χ3v) is 6.11. The van der Waals surface area contributed by atoms with Gasteiger partial charge in [0.25, 0.3) is 0 Å². The van der Waals surface area contributed by atoms with Crippen LogP contribution in [0.5, 0.6) is 0 Å². The van der Waals surface area contributed by atoms with Crippen LogP contribution < -0.4 is 5.32 Å². The standard InChI is InChI=1S/C21H26Cl2N2O.2ClH/c1-25-11-9-21(26,10-12-25)18(17-7-8-19(22)20(23)13-17)15-24-14-16-5-3-2-4-6-16;;/h2-8,13,18,24,26H,9-12,14-15H2,1H3;2*1H. The molecule has 0 bridgehead atoms. The molecule has 0 amide bonds. The fourth-order valence-corrected chi connectivity index (χ4v) is 3.96. The first-order valence-corrected chi connectivity index (χ1v) is 9.84. The van der Waals surface area contributed by atoms with Crippen LogP contribution in [0.25, 0.3) is 0 Å². The lowest BCUT2D eigenvalue weighted by molar-refractivity contribution is -0.0381. The largest absolute Gasteiger partial charge is 0.389 e. The van der Waals surface area contributed by atoms with E-state index in [1.54, 1.807) is 0 Å². The van der Waals surface area contributed by atoms with Crippen molar-refractivity contribution in [3.05, 3.63) is 69.7 Å². The Bertz CT molecular complexity index is 722. The van der Waals surface area contributed by atoms with E-state index in [9.17, 15) is 5.11 Å². The summed E-state index contributed by atoms with van der Waals surface area (Å²) in [5.74, 6) is -0.0327. The lowest BCUT2D eigenvalue weighted by Crippen LogP contribution is -2.49. The molecule has 1 aliphatic rings. The highest BCUT2D eigenvalue weighted by Gasteiger charge is 2.39. The number of piperidine rings is 1. The molecule has 7 heteroatoms. The van der Waals surface area contributed by atoms with Crippen LogP contribution in [0.3, 0.4) is 0 Å². The number of hydrogen-bond acceptors (Lipinski definition) is 3. The van der Waals surface area contributed by atoms with E-state index in [1.165, 1.54) is 5.56 Å². The van der Waals surface area contributed by atoms with Gasteiger partial charge in [-0.05, 0) is 43.1 Å². The van der Waals surface area contributed by atoms with Gasteiger partial charge in [0.05, 0.1) is 15.6 Å². The summed E-state index contributed by atoms with van der Waals surface area (Å²) in [7, 11) is 2.10. The lowest BCUT2D eigenvalue weighted by atomic mass is 9.75. The second-order valence-electron chi connectivity index (χ2n) is 7.25. The van der Waals surface area contributed by atoms with Crippen LogP contribution >= 0.6 is 48.0 Å². The Morgan fingerprint density at radius 2 is 1.68 bits per heavy atom. The van der Waals surface area contributed by atoms with Crippen LogP contribution in [-0.4, -0.2) is 42.3 Å². The molecule has 0 spiro atoms. The van der Waals surface area contributed by atoms with Gasteiger partial charge in [0.15, 0.2) is 0 Å². The number of nitrogens with zero attached hydrogens (tertiary/aromatic N) is 1. The first-order chi connectivity index (χ1) is 12.5. The van der Waals surface area contributed by atoms with Gasteiger partial charge >= 0.3 is 0 Å². The minimum atomic E-state index is -0.743. The number of likely N-dealkylation sites (tertiary alicyclic amines) is 1. The minimum absolute atomic E-state index is 0. The maximum atomic E-state index is 11.4. The van der Waals surface area contributed by atoms with Crippen LogP contribution in [0, 0.1) is 0 Å². The minimum Gasteiger partial charge on any atom is -0.389 e. The predicted octanol–water partition coefficient (Wildman–Crippen LogP) is 5.17. The third kappa shape index (κ3) is 6.50. The number of hydrogen-bond donors (Lipinski definition) is 2. The van der Waals surface area contributed by atoms with Crippen molar-refractivity contribution in [1.29, 1.82) is 0 Å². The van der Waals surface area contributed by atoms with E-state index in [4.69, 9.17) is 23.2 Å². The predicted molar refractivity (Wildman–Crippen MR) is 124 cm³/mol. The molecule has 1 atom stereocenters. The monoisotopic (exact) mass is 464 g/mol. The Balaban J connectivity index is 0.00000196. The number of benzene rings is 2. The molecule has 0 saturated carbocycles. The van der Waals surface area contributed by atoms with Crippen molar-refractivity contribution in [2.45, 2.75) is 30.9 Å². The maximum absolute atomic E-state index is 11.4. The normalized spacial score (nSPS) is 17.3. The molecule has 28 heavy (non-hydrogen) atoms. The summed E-state index contributed by atoms with van der Waals surface area (Å²) in [5.41, 5.74) is 1.52. The molecule has 3 rings (SSSR count). The Labute approximate surface area is 190 Å². The van der Waals surface area contributed by atoms with Gasteiger partial charge in [-0.2, -0.15) is 0 Å². The smallest absolute Gasteiger partial charge is 0.0752 e. The molecule has 3 nitrogen and oxygen atoms in total. The highest BCUT2D eigenvalue weighted by molar-refractivity contribution is 6.42. The second-order valence-corrected chi connectivity index (χ2v) is 8.06. The van der Waals surface area contributed by atoms with Gasteiger partial charge in [-0.25, -0.2) is 0 Å². The SMILES string of the molecule is CN1CCC(O)(C(CNCc2ccccc2)c2ccc(Cl)c(Cl)c2)CC1.Cl.Cl. The molecule has 1 heterocycles. The van der Waals surface area contributed by atoms with Gasteiger partial charge in [-0.1, -0.05) is 59.6 Å². The van der Waals surface area contributed by atoms with Crippen molar-refractivity contribution in [2.75, 3.05) is 26.7 Å². The summed E-state index contributed by atoms with van der Waals surface area (Å²) in [6.07, 6.45) is 1.50. The number of rotatable bonds is 6. The molecule has 2 N–H and O–H groups in total. The Morgan fingerprint density at radius 3 is 2.29 bits per heavy atom. The molecule has 1 saturated heterocycles. The Morgan fingerprint density at radius 1 is 1.04 bits per heavy atom. The molecular weight excluding hydrogens is 438 g/mol. The summed E-state index contributed by atoms with van der Waals surface area (Å²) in [4.78, 5) is 2.26. The molecule has 0 radical (unpaired) electrons. The van der Waals surface area contributed by atoms with Crippen molar-refractivity contribution in [2.24, 2.45) is 0 Å². The zero-order chi connectivity index (χ0) is 18.6. The van der Waals surface area contributed by atoms with Crippen molar-refractivity contribution in [3.8, 4) is 0 Å². The molecule has 1 aliphatic heterocycles. The number of halogens is 4. The second kappa shape index (κ2) is 11.6. The Kier molecular flexibility index (Phi) is 10.6. The van der Waals surface area contributed by atoms with Crippen molar-refractivity contribution in [1.82, 2.24) is 10.2 Å². The zero-order valence-electron chi connectivity index (χ0n) is 15.9. The highest BCUT2D eigenvalue weighted by atomic mass is 35.5. The topological polar surface area (TPSA) is 35.5 Å². The summed E-state index contributed by atoms with van der Waals surface area (Å²) in [6, 6.07) is 16.0. The zero-order valence-corrected chi connectivity index (χ0v) is 19.1. The quantitative estimate of drug-likeness (QED) is 0.617. The van der Waals surface area contributed by atoms with Crippen molar-refractivity contribution in [3.63, 3.8) is 0 Å². The van der Waals surface area contributed by atoms with Crippen LogP contribution in [0.1, 0.15) is 29.9 Å². The van der Waals surface area contributed by atoms with Gasteiger partial charge < -0.3 is 15.3 Å². The summed E-state index contributed by atoms with van der Waals surface area (Å²) in [5, 5.41) is 16.0. The average Bonchev–Trinajstić information content (AvgIpc) is 2.65. The van der Waals surface area contributed by atoms with Crippen LogP contribution in [0.15, 0.2) is 48.5 Å². The molecule has 1 fully saturated rings. The first kappa shape index (κ1) is 25.5. The van der Waals surface area contributed by atoms with Crippen LogP contribution in [0.4, 0.5) is 0 Å². The summed E-state index contributed by atoms with van der Waals surface area (Å²) < 4.78 is 0. The van der Waals surface area contributed by atoms with Crippen LogP contribution in [-0.2, 0) is 6.54 Å². The van der Waals surface area contributed by atoms with E-state index in [0.717, 1.165) is 38.0 Å². The van der Waals surface area contributed by atoms with Gasteiger partial charge in [-0.3, -0.25) is 0 Å². The van der Waals surface area contributed by atoms with E-state index in [-0.39, 0.29) is 30.7 Å². The third-order valence-electron chi connectivity index (χ3n) is 5.37. The van der Waals surface area contributed by atoms with Gasteiger partial charge in [-0.15, -0.1) is 24.8 Å². The molecule has 1 unspecified atom stereocenters. The van der Waals surface area contributed by atoms with Crippen molar-refractivity contribution >= 4 is 48.0 Å². The van der Waals surface area contributed by atoms with Gasteiger partial charge in [0.2, 0.25) is 0 Å². The molecule has 156 valence electrons. The molecule has 0 aliphatic carbocycles. The van der Waals surface area contributed by atoms with Gasteiger partial charge in [0, 0.05) is 32.1 Å². The van der Waals surface area contributed by atoms with E-state index in [0.29, 0.717) is 16.6 Å². The summed E-state index contributed by atoms with van der Waals surface area (Å²) >= 11 is 12.3. The number of nitrogens with one attached hydrogen (secondary N) is 1. The lowest BCUT2D eigenvalue weighted by Gasteiger charge is -2.42. The van der Waals surface area contributed by atoms with Crippen LogP contribution in [0.2, 0.25) is 10.0 Å². The first-order valence-electron chi connectivity index (χ1n) is 9.08. The maximum Gasteiger partial charge on any atom is 0.0752 e. The molecular formula is C21H28Cl4N2O. The van der Waals surface area contributed by atoms with E-state index >= 15 is 0 Å². The Hall–Kier alpha value is -0.520. The average molecular weight is 466 g/mol. The molecule has 2 aromatic rings. The highest BCUT2D eigenvalue weighted by Crippen LogP contribution is 2.38. The molecule has 2 aromatic carbocycles. The van der Waals surface area contributed by atoms with Gasteiger partial charge in [0.1, 0.15) is 0 Å². The fourth-order valence-electron chi connectivity index (χ4n) is 3.66. The molecule has 0 aromatic heterocycles. The number of aliphatic hydroxyl groups is 1.